The van der Waals surface area contributed by atoms with Gasteiger partial charge < -0.3 is 15.4 Å². The van der Waals surface area contributed by atoms with Crippen LogP contribution in [0.4, 0.5) is 0 Å². The highest BCUT2D eigenvalue weighted by Crippen LogP contribution is 2.21. The molecule has 0 saturated carbocycles. The summed E-state index contributed by atoms with van der Waals surface area (Å²) in [5, 5.41) is 2.75. The van der Waals surface area contributed by atoms with Gasteiger partial charge in [0, 0.05) is 31.8 Å². The minimum Gasteiger partial charge on any atom is -0.466 e. The van der Waals surface area contributed by atoms with E-state index in [0.717, 1.165) is 30.0 Å². The Morgan fingerprint density at radius 2 is 2.16 bits per heavy atom. The lowest BCUT2D eigenvalue weighted by Crippen LogP contribution is -2.48. The molecule has 0 aliphatic carbocycles. The Morgan fingerprint density at radius 3 is 2.72 bits per heavy atom. The molecule has 0 unspecified atom stereocenters. The number of nitrogens with two attached hydrogens (primary N) is 1. The number of amides is 1. The number of hydrogen-bond donors (Lipinski definition) is 1. The van der Waals surface area contributed by atoms with Gasteiger partial charge >= 0.3 is 5.97 Å². The number of carbonyl (C=O) groups is 2. The van der Waals surface area contributed by atoms with E-state index in [9.17, 15) is 9.59 Å². The van der Waals surface area contributed by atoms with Gasteiger partial charge in [0.15, 0.2) is 0 Å². The fraction of sp³-hybridized carbons (Fsp3) is 0.688. The van der Waals surface area contributed by atoms with Crippen molar-refractivity contribution >= 4 is 47.2 Å². The number of nitrogens with zero attached hydrogens (tertiary/aromatic N) is 2. The highest BCUT2D eigenvalue weighted by molar-refractivity contribution is 7.09. The van der Waals surface area contributed by atoms with E-state index in [2.05, 4.69) is 4.98 Å². The van der Waals surface area contributed by atoms with Gasteiger partial charge in [-0.05, 0) is 25.2 Å². The number of rotatable bonds is 7. The molecule has 1 atom stereocenters. The summed E-state index contributed by atoms with van der Waals surface area (Å²) in [5.41, 5.74) is 6.89. The first-order chi connectivity index (χ1) is 11.5. The van der Waals surface area contributed by atoms with E-state index in [1.807, 2.05) is 10.3 Å². The van der Waals surface area contributed by atoms with Gasteiger partial charge in [0.05, 0.1) is 29.2 Å². The summed E-state index contributed by atoms with van der Waals surface area (Å²) in [7, 11) is 0. The molecule has 2 heterocycles. The van der Waals surface area contributed by atoms with Gasteiger partial charge in [-0.15, -0.1) is 35.3 Å². The maximum absolute atomic E-state index is 12.5. The van der Waals surface area contributed by atoms with Crippen molar-refractivity contribution in [1.82, 2.24) is 9.88 Å². The summed E-state index contributed by atoms with van der Waals surface area (Å²) >= 11 is 7.23. The average Bonchev–Trinajstić information content (AvgIpc) is 3.02. The van der Waals surface area contributed by atoms with Crippen molar-refractivity contribution in [2.75, 3.05) is 19.7 Å². The Balaban J connectivity index is 0.00000312. The highest BCUT2D eigenvalue weighted by atomic mass is 35.5. The molecule has 1 aliphatic rings. The van der Waals surface area contributed by atoms with Crippen LogP contribution in [0.3, 0.4) is 0 Å². The van der Waals surface area contributed by atoms with Crippen molar-refractivity contribution in [2.45, 2.75) is 44.5 Å². The minimum atomic E-state index is -0.558. The first kappa shape index (κ1) is 22.2. The number of carbonyl (C=O) groups excluding carboxylic acids is 2. The van der Waals surface area contributed by atoms with Gasteiger partial charge in [-0.2, -0.15) is 0 Å². The molecule has 0 bridgehead atoms. The smallest absolute Gasteiger partial charge is 0.302 e. The first-order valence-corrected chi connectivity index (χ1v) is 9.58. The molecule has 2 N–H and O–H groups in total. The normalized spacial score (nSPS) is 16.2. The number of likely N-dealkylation sites (tertiary alicyclic amines) is 1. The van der Waals surface area contributed by atoms with Crippen LogP contribution in [0.1, 0.15) is 36.9 Å². The molecule has 1 aromatic rings. The Labute approximate surface area is 163 Å². The number of hydrogen-bond acceptors (Lipinski definition) is 6. The van der Waals surface area contributed by atoms with Gasteiger partial charge in [0.1, 0.15) is 0 Å². The quantitative estimate of drug-likeness (QED) is 0.551. The molecule has 1 amide bonds. The van der Waals surface area contributed by atoms with Crippen LogP contribution in [0.25, 0.3) is 0 Å². The van der Waals surface area contributed by atoms with E-state index >= 15 is 0 Å². The van der Waals surface area contributed by atoms with Crippen LogP contribution in [0.15, 0.2) is 5.38 Å². The SMILES string of the molecule is CC(=O)OCCC1CCN(C(=O)[C@@H](N)Cc2nc(CCl)cs2)CC1.Cl. The molecule has 142 valence electrons. The van der Waals surface area contributed by atoms with Crippen LogP contribution in [-0.2, 0) is 26.6 Å². The number of piperidine rings is 1. The zero-order chi connectivity index (χ0) is 17.5. The fourth-order valence-corrected chi connectivity index (χ4v) is 3.91. The molecule has 1 aliphatic heterocycles. The molecule has 1 aromatic heterocycles. The molecular formula is C16H25Cl2N3O3S. The Morgan fingerprint density at radius 1 is 1.48 bits per heavy atom. The first-order valence-electron chi connectivity index (χ1n) is 8.16. The van der Waals surface area contributed by atoms with Gasteiger partial charge in [0.2, 0.25) is 5.91 Å². The van der Waals surface area contributed by atoms with Crippen LogP contribution in [0.2, 0.25) is 0 Å². The van der Waals surface area contributed by atoms with Gasteiger partial charge in [0.25, 0.3) is 0 Å². The zero-order valence-corrected chi connectivity index (χ0v) is 16.7. The maximum atomic E-state index is 12.5. The van der Waals surface area contributed by atoms with E-state index in [1.54, 1.807) is 0 Å². The fourth-order valence-electron chi connectivity index (χ4n) is 2.83. The second-order valence-electron chi connectivity index (χ2n) is 6.07. The predicted octanol–water partition coefficient (Wildman–Crippen LogP) is 2.37. The van der Waals surface area contributed by atoms with E-state index in [1.165, 1.54) is 18.3 Å². The Hall–Kier alpha value is -0.890. The molecule has 0 spiro atoms. The van der Waals surface area contributed by atoms with Crippen molar-refractivity contribution in [1.29, 1.82) is 0 Å². The van der Waals surface area contributed by atoms with Crippen molar-refractivity contribution < 1.29 is 14.3 Å². The second kappa shape index (κ2) is 11.0. The number of alkyl halides is 1. The van der Waals surface area contributed by atoms with E-state index in [0.29, 0.717) is 37.9 Å². The van der Waals surface area contributed by atoms with Crippen LogP contribution in [0.5, 0.6) is 0 Å². The van der Waals surface area contributed by atoms with Crippen molar-refractivity contribution in [2.24, 2.45) is 11.7 Å². The summed E-state index contributed by atoms with van der Waals surface area (Å²) < 4.78 is 4.98. The molecule has 1 saturated heterocycles. The van der Waals surface area contributed by atoms with Gasteiger partial charge in [-0.1, -0.05) is 0 Å². The Kier molecular flexibility index (Phi) is 9.71. The van der Waals surface area contributed by atoms with Gasteiger partial charge in [-0.25, -0.2) is 4.98 Å². The molecule has 0 radical (unpaired) electrons. The maximum Gasteiger partial charge on any atom is 0.302 e. The third kappa shape index (κ3) is 7.09. The predicted molar refractivity (Wildman–Crippen MR) is 101 cm³/mol. The summed E-state index contributed by atoms with van der Waals surface area (Å²) in [6.45, 7) is 3.30. The molecule has 9 heteroatoms. The standard InChI is InChI=1S/C16H24ClN3O3S.ClH/c1-11(21)23-7-4-12-2-5-20(6-3-12)16(22)14(18)8-15-19-13(9-17)10-24-15;/h10,12,14H,2-9,18H2,1H3;1H/t14-;/m0./s1. The summed E-state index contributed by atoms with van der Waals surface area (Å²) in [6, 6.07) is -0.558. The lowest BCUT2D eigenvalue weighted by atomic mass is 9.93. The number of aromatic nitrogens is 1. The average molecular weight is 410 g/mol. The van der Waals surface area contributed by atoms with Gasteiger partial charge in [-0.3, -0.25) is 9.59 Å². The van der Waals surface area contributed by atoms with Crippen molar-refractivity contribution in [3.8, 4) is 0 Å². The second-order valence-corrected chi connectivity index (χ2v) is 7.28. The lowest BCUT2D eigenvalue weighted by Gasteiger charge is -2.33. The molecule has 1 fully saturated rings. The van der Waals surface area contributed by atoms with Crippen molar-refractivity contribution in [3.05, 3.63) is 16.1 Å². The highest BCUT2D eigenvalue weighted by Gasteiger charge is 2.27. The third-order valence-electron chi connectivity index (χ3n) is 4.21. The summed E-state index contributed by atoms with van der Waals surface area (Å²) in [4.78, 5) is 29.4. The Bertz CT molecular complexity index is 563. The van der Waals surface area contributed by atoms with Crippen LogP contribution >= 0.6 is 35.3 Å². The minimum absolute atomic E-state index is 0. The number of ether oxygens (including phenoxy) is 1. The largest absolute Gasteiger partial charge is 0.466 e. The third-order valence-corrected chi connectivity index (χ3v) is 5.40. The van der Waals surface area contributed by atoms with E-state index < -0.39 is 6.04 Å². The zero-order valence-electron chi connectivity index (χ0n) is 14.3. The van der Waals surface area contributed by atoms with Crippen LogP contribution in [0, 0.1) is 5.92 Å². The summed E-state index contributed by atoms with van der Waals surface area (Å²) in [6.07, 6.45) is 3.15. The van der Waals surface area contributed by atoms with Crippen LogP contribution < -0.4 is 5.73 Å². The van der Waals surface area contributed by atoms with Crippen LogP contribution in [-0.4, -0.2) is 47.5 Å². The van der Waals surface area contributed by atoms with E-state index in [-0.39, 0.29) is 24.3 Å². The number of esters is 1. The lowest BCUT2D eigenvalue weighted by molar-refractivity contribution is -0.141. The van der Waals surface area contributed by atoms with Crippen molar-refractivity contribution in [3.63, 3.8) is 0 Å². The molecule has 6 nitrogen and oxygen atoms in total. The molecular weight excluding hydrogens is 385 g/mol. The molecule has 25 heavy (non-hydrogen) atoms. The molecule has 0 aromatic carbocycles. The molecule has 2 rings (SSSR count). The monoisotopic (exact) mass is 409 g/mol. The number of halogens is 2. The number of thiazole rings is 1. The van der Waals surface area contributed by atoms with E-state index in [4.69, 9.17) is 22.1 Å². The topological polar surface area (TPSA) is 85.5 Å². The summed E-state index contributed by atoms with van der Waals surface area (Å²) in [5.74, 6) is 0.611.